The monoisotopic (exact) mass is 278 g/mol. The van der Waals surface area contributed by atoms with Gasteiger partial charge in [0.2, 0.25) is 5.95 Å². The lowest BCUT2D eigenvalue weighted by Crippen LogP contribution is -2.41. The summed E-state index contributed by atoms with van der Waals surface area (Å²) in [4.78, 5) is 25.2. The molecule has 1 aromatic rings. The molecule has 0 aromatic carbocycles. The zero-order valence-electron chi connectivity index (χ0n) is 12.4. The molecule has 1 aliphatic rings. The summed E-state index contributed by atoms with van der Waals surface area (Å²) in [6, 6.07) is 1.75. The molecule has 0 N–H and O–H groups in total. The topological polar surface area (TPSA) is 58.6 Å². The zero-order valence-corrected chi connectivity index (χ0v) is 12.4. The minimum Gasteiger partial charge on any atom is -0.378 e. The maximum Gasteiger partial charge on any atom is 0.272 e. The minimum absolute atomic E-state index is 0.0350. The Bertz CT molecular complexity index is 468. The van der Waals surface area contributed by atoms with Crippen molar-refractivity contribution in [2.24, 2.45) is 0 Å². The van der Waals surface area contributed by atoms with Crippen LogP contribution in [0.4, 0.5) is 5.95 Å². The van der Waals surface area contributed by atoms with E-state index in [4.69, 9.17) is 4.74 Å². The fourth-order valence-electron chi connectivity index (χ4n) is 2.24. The van der Waals surface area contributed by atoms with Gasteiger partial charge in [-0.15, -0.1) is 0 Å². The zero-order chi connectivity index (χ0) is 14.5. The second-order valence-corrected chi connectivity index (χ2v) is 4.77. The average molecular weight is 278 g/mol. The summed E-state index contributed by atoms with van der Waals surface area (Å²) in [5.41, 5.74) is 1.29. The number of hydrogen-bond donors (Lipinski definition) is 0. The van der Waals surface area contributed by atoms with Crippen LogP contribution in [-0.4, -0.2) is 60.2 Å². The normalized spacial score (nSPS) is 15.2. The van der Waals surface area contributed by atoms with Gasteiger partial charge in [-0.25, -0.2) is 9.97 Å². The molecule has 1 amide bonds. The molecule has 1 aliphatic heterocycles. The van der Waals surface area contributed by atoms with Crippen LogP contribution in [0.25, 0.3) is 0 Å². The van der Waals surface area contributed by atoms with Gasteiger partial charge in [0.05, 0.1) is 13.2 Å². The highest BCUT2D eigenvalue weighted by Crippen LogP contribution is 2.12. The number of carbonyl (C=O) groups is 1. The number of anilines is 1. The van der Waals surface area contributed by atoms with Crippen LogP contribution in [0.2, 0.25) is 0 Å². The highest BCUT2D eigenvalue weighted by atomic mass is 16.5. The van der Waals surface area contributed by atoms with Crippen LogP contribution in [0.5, 0.6) is 0 Å². The Morgan fingerprint density at radius 2 is 1.95 bits per heavy atom. The van der Waals surface area contributed by atoms with Gasteiger partial charge in [0, 0.05) is 31.9 Å². The largest absolute Gasteiger partial charge is 0.378 e. The Morgan fingerprint density at radius 1 is 1.30 bits per heavy atom. The van der Waals surface area contributed by atoms with E-state index in [1.807, 2.05) is 11.8 Å². The summed E-state index contributed by atoms with van der Waals surface area (Å²) < 4.78 is 5.27. The first-order valence-electron chi connectivity index (χ1n) is 7.13. The number of nitrogens with zero attached hydrogens (tertiary/aromatic N) is 4. The molecule has 1 aromatic heterocycles. The number of hydrogen-bond acceptors (Lipinski definition) is 5. The number of aromatic nitrogens is 2. The number of rotatable bonds is 4. The maximum absolute atomic E-state index is 12.5. The molecule has 0 spiro atoms. The van der Waals surface area contributed by atoms with Gasteiger partial charge < -0.3 is 14.5 Å². The number of aryl methyl sites for hydroxylation is 1. The first-order valence-corrected chi connectivity index (χ1v) is 7.13. The number of carbonyl (C=O) groups excluding carboxylic acids is 1. The van der Waals surface area contributed by atoms with Crippen molar-refractivity contribution in [3.8, 4) is 0 Å². The lowest BCUT2D eigenvalue weighted by atomic mass is 10.3. The van der Waals surface area contributed by atoms with Crippen LogP contribution in [0.1, 0.15) is 30.0 Å². The van der Waals surface area contributed by atoms with Crippen LogP contribution in [-0.2, 0) is 4.74 Å². The molecule has 0 unspecified atom stereocenters. The lowest BCUT2D eigenvalue weighted by molar-refractivity contribution is 0.0299. The van der Waals surface area contributed by atoms with Gasteiger partial charge in [-0.1, -0.05) is 0 Å². The third kappa shape index (κ3) is 3.25. The maximum atomic E-state index is 12.5. The van der Waals surface area contributed by atoms with E-state index < -0.39 is 0 Å². The molecule has 0 atom stereocenters. The van der Waals surface area contributed by atoms with Crippen LogP contribution < -0.4 is 4.90 Å². The fraction of sp³-hybridized carbons (Fsp3) is 0.643. The quantitative estimate of drug-likeness (QED) is 0.825. The summed E-state index contributed by atoms with van der Waals surface area (Å²) in [6.45, 7) is 10.1. The van der Waals surface area contributed by atoms with E-state index in [2.05, 4.69) is 23.8 Å². The van der Waals surface area contributed by atoms with Crippen molar-refractivity contribution in [3.63, 3.8) is 0 Å². The molecule has 0 saturated carbocycles. The van der Waals surface area contributed by atoms with Gasteiger partial charge in [0.25, 0.3) is 5.91 Å². The molecular formula is C14H22N4O2. The summed E-state index contributed by atoms with van der Waals surface area (Å²) in [7, 11) is 0. The third-order valence-electron chi connectivity index (χ3n) is 3.41. The Kier molecular flexibility index (Phi) is 4.89. The molecule has 0 radical (unpaired) electrons. The Labute approximate surface area is 119 Å². The van der Waals surface area contributed by atoms with Crippen molar-refractivity contribution < 1.29 is 9.53 Å². The Morgan fingerprint density at radius 3 is 2.55 bits per heavy atom. The highest BCUT2D eigenvalue weighted by Gasteiger charge is 2.21. The molecule has 1 fully saturated rings. The Balaban J connectivity index is 2.24. The molecule has 0 aliphatic carbocycles. The minimum atomic E-state index is -0.0350. The second-order valence-electron chi connectivity index (χ2n) is 4.77. The van der Waals surface area contributed by atoms with Gasteiger partial charge in [0.1, 0.15) is 5.69 Å². The second kappa shape index (κ2) is 6.65. The molecule has 1 saturated heterocycles. The van der Waals surface area contributed by atoms with Gasteiger partial charge in [0.15, 0.2) is 0 Å². The smallest absolute Gasteiger partial charge is 0.272 e. The van der Waals surface area contributed by atoms with Gasteiger partial charge in [-0.05, 0) is 26.8 Å². The number of morpholine rings is 1. The molecule has 2 rings (SSSR count). The van der Waals surface area contributed by atoms with E-state index in [1.165, 1.54) is 0 Å². The molecule has 110 valence electrons. The molecular weight excluding hydrogens is 256 g/mol. The van der Waals surface area contributed by atoms with E-state index in [0.717, 1.165) is 18.8 Å². The van der Waals surface area contributed by atoms with Crippen molar-refractivity contribution >= 4 is 11.9 Å². The molecule has 2 heterocycles. The fourth-order valence-corrected chi connectivity index (χ4v) is 2.24. The van der Waals surface area contributed by atoms with E-state index in [-0.39, 0.29) is 5.91 Å². The summed E-state index contributed by atoms with van der Waals surface area (Å²) >= 11 is 0. The molecule has 6 heteroatoms. The first-order chi connectivity index (χ1) is 9.65. The van der Waals surface area contributed by atoms with Crippen molar-refractivity contribution in [1.82, 2.24) is 14.9 Å². The molecule has 6 nitrogen and oxygen atoms in total. The van der Waals surface area contributed by atoms with Gasteiger partial charge in [-0.2, -0.15) is 0 Å². The van der Waals surface area contributed by atoms with E-state index in [0.29, 0.717) is 37.9 Å². The van der Waals surface area contributed by atoms with E-state index >= 15 is 0 Å². The standard InChI is InChI=1S/C14H22N4O2/c1-4-17(5-2)14-15-11(3)10-12(16-14)13(19)18-6-8-20-9-7-18/h10H,4-9H2,1-3H3. The predicted octanol–water partition coefficient (Wildman–Crippen LogP) is 1.10. The van der Waals surface area contributed by atoms with Crippen LogP contribution in [0.3, 0.4) is 0 Å². The first kappa shape index (κ1) is 14.7. The van der Waals surface area contributed by atoms with Crippen LogP contribution in [0.15, 0.2) is 6.07 Å². The predicted molar refractivity (Wildman–Crippen MR) is 77.1 cm³/mol. The Hall–Kier alpha value is -1.69. The van der Waals surface area contributed by atoms with Crippen molar-refractivity contribution in [1.29, 1.82) is 0 Å². The molecule has 20 heavy (non-hydrogen) atoms. The van der Waals surface area contributed by atoms with Gasteiger partial charge in [-0.3, -0.25) is 4.79 Å². The van der Waals surface area contributed by atoms with Crippen molar-refractivity contribution in [2.45, 2.75) is 20.8 Å². The van der Waals surface area contributed by atoms with Crippen LogP contribution >= 0.6 is 0 Å². The number of amides is 1. The summed E-state index contributed by atoms with van der Waals surface area (Å²) in [5, 5.41) is 0. The van der Waals surface area contributed by atoms with Crippen molar-refractivity contribution in [3.05, 3.63) is 17.5 Å². The SMILES string of the molecule is CCN(CC)c1nc(C)cc(C(=O)N2CCOCC2)n1. The van der Waals surface area contributed by atoms with Crippen molar-refractivity contribution in [2.75, 3.05) is 44.3 Å². The van der Waals surface area contributed by atoms with E-state index in [1.54, 1.807) is 11.0 Å². The number of ether oxygens (including phenoxy) is 1. The summed E-state index contributed by atoms with van der Waals surface area (Å²) in [6.07, 6.45) is 0. The lowest BCUT2D eigenvalue weighted by Gasteiger charge is -2.27. The summed E-state index contributed by atoms with van der Waals surface area (Å²) in [5.74, 6) is 0.596. The third-order valence-corrected chi connectivity index (χ3v) is 3.41. The van der Waals surface area contributed by atoms with E-state index in [9.17, 15) is 4.79 Å². The highest BCUT2D eigenvalue weighted by molar-refractivity contribution is 5.92. The molecule has 0 bridgehead atoms. The van der Waals surface area contributed by atoms with Gasteiger partial charge >= 0.3 is 0 Å². The van der Waals surface area contributed by atoms with Crippen LogP contribution in [0, 0.1) is 6.92 Å². The average Bonchev–Trinajstić information content (AvgIpc) is 2.48.